The molecule has 0 saturated carbocycles. The second-order valence-electron chi connectivity index (χ2n) is 4.93. The number of halogens is 1. The number of phenolic OH excluding ortho intramolecular Hbond substituents is 1. The minimum Gasteiger partial charge on any atom is -0.507 e. The van der Waals surface area contributed by atoms with E-state index < -0.39 is 5.91 Å². The Balaban J connectivity index is 2.32. The Hall–Kier alpha value is -2.47. The molecule has 118 valence electrons. The van der Waals surface area contributed by atoms with E-state index in [0.717, 1.165) is 5.56 Å². The van der Waals surface area contributed by atoms with E-state index in [1.807, 2.05) is 19.1 Å². The molecule has 0 bridgehead atoms. The molecule has 1 amide bonds. The molecule has 0 fully saturated rings. The van der Waals surface area contributed by atoms with Gasteiger partial charge in [0.05, 0.1) is 5.56 Å². The molecule has 2 rings (SSSR count). The molecule has 0 aromatic heterocycles. The zero-order valence-electron chi connectivity index (χ0n) is 12.6. The number of ketones is 1. The first-order valence-electron chi connectivity index (χ1n) is 6.83. The van der Waals surface area contributed by atoms with Gasteiger partial charge in [0, 0.05) is 17.0 Å². The lowest BCUT2D eigenvalue weighted by Crippen LogP contribution is -2.23. The normalized spacial score (nSPS) is 11.2. The van der Waals surface area contributed by atoms with Crippen molar-refractivity contribution in [1.82, 2.24) is 5.43 Å². The Bertz CT molecular complexity index is 800. The van der Waals surface area contributed by atoms with Crippen LogP contribution in [-0.4, -0.2) is 22.5 Å². The van der Waals surface area contributed by atoms with Crippen LogP contribution >= 0.6 is 15.9 Å². The number of phenols is 1. The van der Waals surface area contributed by atoms with Crippen molar-refractivity contribution in [1.29, 1.82) is 0 Å². The van der Waals surface area contributed by atoms with Gasteiger partial charge >= 0.3 is 0 Å². The van der Waals surface area contributed by atoms with Crippen LogP contribution in [0.4, 0.5) is 0 Å². The molecular weight excluding hydrogens is 360 g/mol. The van der Waals surface area contributed by atoms with Crippen LogP contribution in [0.3, 0.4) is 0 Å². The van der Waals surface area contributed by atoms with Gasteiger partial charge in [-0.1, -0.05) is 40.2 Å². The first kappa shape index (κ1) is 16.9. The topological polar surface area (TPSA) is 78.8 Å². The first-order valence-corrected chi connectivity index (χ1v) is 7.63. The van der Waals surface area contributed by atoms with Crippen molar-refractivity contribution >= 4 is 33.3 Å². The van der Waals surface area contributed by atoms with E-state index in [2.05, 4.69) is 26.5 Å². The van der Waals surface area contributed by atoms with Crippen LogP contribution in [0.5, 0.6) is 5.75 Å². The number of aromatic hydroxyl groups is 1. The summed E-state index contributed by atoms with van der Waals surface area (Å²) in [6.07, 6.45) is 0. The van der Waals surface area contributed by atoms with Gasteiger partial charge in [-0.05, 0) is 30.7 Å². The highest BCUT2D eigenvalue weighted by molar-refractivity contribution is 9.10. The Labute approximate surface area is 142 Å². The van der Waals surface area contributed by atoms with Crippen molar-refractivity contribution in [3.63, 3.8) is 0 Å². The summed E-state index contributed by atoms with van der Waals surface area (Å²) in [4.78, 5) is 24.0. The molecule has 0 heterocycles. The fraction of sp³-hybridized carbons (Fsp3) is 0.118. The number of aryl methyl sites for hydroxylation is 1. The summed E-state index contributed by atoms with van der Waals surface area (Å²) in [5.74, 6) is -1.03. The maximum Gasteiger partial charge on any atom is 0.275 e. The molecule has 23 heavy (non-hydrogen) atoms. The molecule has 0 saturated heterocycles. The third-order valence-electron chi connectivity index (χ3n) is 3.21. The van der Waals surface area contributed by atoms with E-state index in [0.29, 0.717) is 10.0 Å². The van der Waals surface area contributed by atoms with E-state index in [1.54, 1.807) is 18.2 Å². The summed E-state index contributed by atoms with van der Waals surface area (Å²) in [6, 6.07) is 11.8. The van der Waals surface area contributed by atoms with Crippen LogP contribution in [0.1, 0.15) is 28.4 Å². The summed E-state index contributed by atoms with van der Waals surface area (Å²) in [7, 11) is 0. The Kier molecular flexibility index (Phi) is 5.28. The standard InChI is InChI=1S/C17H15BrN2O3/c1-10-5-3-4-6-13(10)16(11(2)21)19-20-17(23)14-9-12(18)7-8-15(14)22/h3-9,22H,1-2H3,(H,20,23)/b19-16+. The van der Waals surface area contributed by atoms with Crippen molar-refractivity contribution in [2.75, 3.05) is 0 Å². The highest BCUT2D eigenvalue weighted by atomic mass is 79.9. The number of nitrogens with zero attached hydrogens (tertiary/aromatic N) is 1. The zero-order chi connectivity index (χ0) is 17.0. The van der Waals surface area contributed by atoms with Gasteiger partial charge in [0.1, 0.15) is 11.5 Å². The average Bonchev–Trinajstić information content (AvgIpc) is 2.51. The van der Waals surface area contributed by atoms with Gasteiger partial charge in [0.2, 0.25) is 0 Å². The maximum atomic E-state index is 12.2. The number of carbonyl (C=O) groups is 2. The van der Waals surface area contributed by atoms with Gasteiger partial charge < -0.3 is 5.11 Å². The predicted octanol–water partition coefficient (Wildman–Crippen LogP) is 3.19. The molecule has 2 aromatic rings. The fourth-order valence-electron chi connectivity index (χ4n) is 2.02. The third kappa shape index (κ3) is 4.04. The molecular formula is C17H15BrN2O3. The largest absolute Gasteiger partial charge is 0.507 e. The number of carbonyl (C=O) groups excluding carboxylic acids is 2. The lowest BCUT2D eigenvalue weighted by atomic mass is 10.0. The van der Waals surface area contributed by atoms with E-state index in [9.17, 15) is 14.7 Å². The van der Waals surface area contributed by atoms with Crippen molar-refractivity contribution in [3.05, 3.63) is 63.6 Å². The minimum absolute atomic E-state index is 0.0656. The highest BCUT2D eigenvalue weighted by Crippen LogP contribution is 2.21. The SMILES string of the molecule is CC(=O)/C(=N\NC(=O)c1cc(Br)ccc1O)c1ccccc1C. The second-order valence-corrected chi connectivity index (χ2v) is 5.85. The predicted molar refractivity (Wildman–Crippen MR) is 91.7 cm³/mol. The summed E-state index contributed by atoms with van der Waals surface area (Å²) in [6.45, 7) is 3.24. The maximum absolute atomic E-state index is 12.2. The van der Waals surface area contributed by atoms with Crippen LogP contribution in [0, 0.1) is 6.92 Å². The fourth-order valence-corrected chi connectivity index (χ4v) is 2.39. The number of hydrogen-bond acceptors (Lipinski definition) is 4. The quantitative estimate of drug-likeness (QED) is 0.636. The first-order chi connectivity index (χ1) is 10.9. The van der Waals surface area contributed by atoms with Crippen molar-refractivity contribution in [3.8, 4) is 5.75 Å². The van der Waals surface area contributed by atoms with Crippen LogP contribution in [0.25, 0.3) is 0 Å². The Morgan fingerprint density at radius 2 is 1.83 bits per heavy atom. The van der Waals surface area contributed by atoms with Crippen LogP contribution < -0.4 is 5.43 Å². The van der Waals surface area contributed by atoms with Crippen molar-refractivity contribution in [2.24, 2.45) is 5.10 Å². The van der Waals surface area contributed by atoms with Crippen LogP contribution in [-0.2, 0) is 4.79 Å². The smallest absolute Gasteiger partial charge is 0.275 e. The molecule has 0 unspecified atom stereocenters. The van der Waals surface area contributed by atoms with E-state index in [-0.39, 0.29) is 22.8 Å². The van der Waals surface area contributed by atoms with E-state index in [1.165, 1.54) is 19.1 Å². The summed E-state index contributed by atoms with van der Waals surface area (Å²) >= 11 is 3.23. The van der Waals surface area contributed by atoms with Crippen LogP contribution in [0.15, 0.2) is 52.0 Å². The molecule has 2 aromatic carbocycles. The average molecular weight is 375 g/mol. The molecule has 0 aliphatic rings. The summed E-state index contributed by atoms with van der Waals surface area (Å²) < 4.78 is 0.648. The number of amides is 1. The number of benzene rings is 2. The number of nitrogens with one attached hydrogen (secondary N) is 1. The van der Waals surface area contributed by atoms with Crippen LogP contribution in [0.2, 0.25) is 0 Å². The molecule has 0 aliphatic carbocycles. The Morgan fingerprint density at radius 3 is 2.48 bits per heavy atom. The number of Topliss-reactive ketones (excluding diaryl/α,β-unsaturated/α-hetero) is 1. The third-order valence-corrected chi connectivity index (χ3v) is 3.70. The summed E-state index contributed by atoms with van der Waals surface area (Å²) in [5.41, 5.74) is 4.07. The van der Waals surface area contributed by atoms with Gasteiger partial charge in [-0.25, -0.2) is 5.43 Å². The van der Waals surface area contributed by atoms with Crippen molar-refractivity contribution in [2.45, 2.75) is 13.8 Å². The van der Waals surface area contributed by atoms with Gasteiger partial charge in [0.25, 0.3) is 5.91 Å². The molecule has 0 aliphatic heterocycles. The highest BCUT2D eigenvalue weighted by Gasteiger charge is 2.15. The molecule has 2 N–H and O–H groups in total. The van der Waals surface area contributed by atoms with Gasteiger partial charge in [0.15, 0.2) is 5.78 Å². The summed E-state index contributed by atoms with van der Waals surface area (Å²) in [5, 5.41) is 13.7. The van der Waals surface area contributed by atoms with Gasteiger partial charge in [-0.15, -0.1) is 0 Å². The molecule has 5 nitrogen and oxygen atoms in total. The number of rotatable bonds is 4. The Morgan fingerprint density at radius 1 is 1.13 bits per heavy atom. The molecule has 0 atom stereocenters. The van der Waals surface area contributed by atoms with Crippen molar-refractivity contribution < 1.29 is 14.7 Å². The van der Waals surface area contributed by atoms with Gasteiger partial charge in [-0.3, -0.25) is 9.59 Å². The van der Waals surface area contributed by atoms with Gasteiger partial charge in [-0.2, -0.15) is 5.10 Å². The zero-order valence-corrected chi connectivity index (χ0v) is 14.2. The number of hydrazone groups is 1. The lowest BCUT2D eigenvalue weighted by Gasteiger charge is -2.08. The molecule has 6 heteroatoms. The molecule has 0 radical (unpaired) electrons. The monoisotopic (exact) mass is 374 g/mol. The minimum atomic E-state index is -0.601. The van der Waals surface area contributed by atoms with E-state index >= 15 is 0 Å². The number of hydrogen-bond donors (Lipinski definition) is 2. The molecule has 0 spiro atoms. The lowest BCUT2D eigenvalue weighted by molar-refractivity contribution is -0.111. The van der Waals surface area contributed by atoms with E-state index in [4.69, 9.17) is 0 Å². The second kappa shape index (κ2) is 7.19.